The van der Waals surface area contributed by atoms with Crippen LogP contribution in [0.3, 0.4) is 0 Å². The van der Waals surface area contributed by atoms with Crippen molar-refractivity contribution < 1.29 is 9.13 Å². The van der Waals surface area contributed by atoms with Crippen LogP contribution in [-0.2, 0) is 11.3 Å². The van der Waals surface area contributed by atoms with Crippen LogP contribution in [0.4, 0.5) is 4.39 Å². The van der Waals surface area contributed by atoms with Gasteiger partial charge in [0.15, 0.2) is 5.96 Å². The number of hydrogen-bond donors (Lipinski definition) is 2. The van der Waals surface area contributed by atoms with Crippen LogP contribution in [0.15, 0.2) is 23.2 Å². The van der Waals surface area contributed by atoms with Crippen molar-refractivity contribution in [2.45, 2.75) is 31.9 Å². The van der Waals surface area contributed by atoms with Crippen molar-refractivity contribution in [2.24, 2.45) is 4.99 Å². The molecule has 2 rings (SSSR count). The lowest BCUT2D eigenvalue weighted by molar-refractivity contribution is 0.0243. The van der Waals surface area contributed by atoms with E-state index in [9.17, 15) is 4.39 Å². The molecule has 0 saturated carbocycles. The number of halogens is 1. The Morgan fingerprint density at radius 3 is 2.91 bits per heavy atom. The first-order chi connectivity index (χ1) is 10.6. The number of ether oxygens (including phenoxy) is 1. The van der Waals surface area contributed by atoms with Gasteiger partial charge in [-0.15, -0.1) is 0 Å². The SMILES string of the molecule is CN=C(NCc1ccc(C#N)cc1F)NCC1(C)CCCO1. The van der Waals surface area contributed by atoms with E-state index in [-0.39, 0.29) is 5.60 Å². The second-order valence-electron chi connectivity index (χ2n) is 5.60. The maximum absolute atomic E-state index is 13.8. The monoisotopic (exact) mass is 304 g/mol. The zero-order valence-corrected chi connectivity index (χ0v) is 12.9. The van der Waals surface area contributed by atoms with Gasteiger partial charge in [0.1, 0.15) is 5.82 Å². The molecule has 2 N–H and O–H groups in total. The van der Waals surface area contributed by atoms with E-state index < -0.39 is 5.82 Å². The first-order valence-corrected chi connectivity index (χ1v) is 7.33. The molecule has 5 nitrogen and oxygen atoms in total. The normalized spacial score (nSPS) is 21.5. The Morgan fingerprint density at radius 1 is 1.50 bits per heavy atom. The first kappa shape index (κ1) is 16.2. The number of guanidine groups is 1. The number of rotatable bonds is 4. The van der Waals surface area contributed by atoms with E-state index in [1.165, 1.54) is 6.07 Å². The summed E-state index contributed by atoms with van der Waals surface area (Å²) in [4.78, 5) is 4.12. The highest BCUT2D eigenvalue weighted by Gasteiger charge is 2.29. The molecule has 0 aliphatic carbocycles. The molecule has 1 aliphatic rings. The molecule has 1 aliphatic heterocycles. The number of aliphatic imine (C=N–C) groups is 1. The van der Waals surface area contributed by atoms with Crippen molar-refractivity contribution in [1.29, 1.82) is 5.26 Å². The van der Waals surface area contributed by atoms with E-state index in [0.29, 0.717) is 30.2 Å². The molecule has 0 bridgehead atoms. The predicted octanol–water partition coefficient (Wildman–Crippen LogP) is 1.93. The van der Waals surface area contributed by atoms with Gasteiger partial charge in [-0.3, -0.25) is 4.99 Å². The van der Waals surface area contributed by atoms with Crippen LogP contribution in [0, 0.1) is 17.1 Å². The molecule has 0 spiro atoms. The summed E-state index contributed by atoms with van der Waals surface area (Å²) in [5.74, 6) is 0.202. The Hall–Kier alpha value is -2.13. The number of nitriles is 1. The minimum absolute atomic E-state index is 0.169. The van der Waals surface area contributed by atoms with Gasteiger partial charge in [-0.05, 0) is 31.9 Å². The van der Waals surface area contributed by atoms with E-state index in [1.807, 2.05) is 6.07 Å². The van der Waals surface area contributed by atoms with Crippen LogP contribution in [0.25, 0.3) is 0 Å². The molecular weight excluding hydrogens is 283 g/mol. The number of nitrogens with one attached hydrogen (secondary N) is 2. The van der Waals surface area contributed by atoms with E-state index in [1.54, 1.807) is 19.2 Å². The highest BCUT2D eigenvalue weighted by Crippen LogP contribution is 2.23. The Bertz CT molecular complexity index is 588. The predicted molar refractivity (Wildman–Crippen MR) is 82.9 cm³/mol. The third-order valence-corrected chi connectivity index (χ3v) is 3.78. The average molecular weight is 304 g/mol. The Kier molecular flexibility index (Phi) is 5.34. The average Bonchev–Trinajstić information content (AvgIpc) is 2.95. The largest absolute Gasteiger partial charge is 0.373 e. The fraction of sp³-hybridized carbons (Fsp3) is 0.500. The molecule has 6 heteroatoms. The van der Waals surface area contributed by atoms with Gasteiger partial charge in [0, 0.05) is 32.3 Å². The lowest BCUT2D eigenvalue weighted by Gasteiger charge is -2.24. The molecule has 1 unspecified atom stereocenters. The maximum Gasteiger partial charge on any atom is 0.191 e. The topological polar surface area (TPSA) is 69.4 Å². The summed E-state index contributed by atoms with van der Waals surface area (Å²) in [6.45, 7) is 3.82. The molecule has 0 radical (unpaired) electrons. The highest BCUT2D eigenvalue weighted by molar-refractivity contribution is 5.79. The molecule has 0 aromatic heterocycles. The summed E-state index contributed by atoms with van der Waals surface area (Å²) in [5, 5.41) is 15.0. The van der Waals surface area contributed by atoms with Gasteiger partial charge < -0.3 is 15.4 Å². The Balaban J connectivity index is 1.87. The lowest BCUT2D eigenvalue weighted by Crippen LogP contribution is -2.45. The Morgan fingerprint density at radius 2 is 2.32 bits per heavy atom. The number of benzene rings is 1. The molecule has 22 heavy (non-hydrogen) atoms. The van der Waals surface area contributed by atoms with Gasteiger partial charge in [0.25, 0.3) is 0 Å². The van der Waals surface area contributed by atoms with Gasteiger partial charge in [0.2, 0.25) is 0 Å². The quantitative estimate of drug-likeness (QED) is 0.659. The number of hydrogen-bond acceptors (Lipinski definition) is 3. The summed E-state index contributed by atoms with van der Waals surface area (Å²) >= 11 is 0. The van der Waals surface area contributed by atoms with Gasteiger partial charge in [-0.2, -0.15) is 5.26 Å². The van der Waals surface area contributed by atoms with Crippen molar-refractivity contribution in [3.05, 3.63) is 35.1 Å². The molecule has 1 heterocycles. The van der Waals surface area contributed by atoms with Crippen molar-refractivity contribution >= 4 is 5.96 Å². The summed E-state index contributed by atoms with van der Waals surface area (Å²) < 4.78 is 19.5. The van der Waals surface area contributed by atoms with E-state index in [4.69, 9.17) is 10.00 Å². The van der Waals surface area contributed by atoms with Crippen LogP contribution in [0.5, 0.6) is 0 Å². The molecule has 1 aromatic carbocycles. The zero-order chi connectivity index (χ0) is 16.0. The summed E-state index contributed by atoms with van der Waals surface area (Å²) in [5.41, 5.74) is 0.637. The molecule has 0 amide bonds. The molecular formula is C16H21FN4O. The van der Waals surface area contributed by atoms with Crippen molar-refractivity contribution in [2.75, 3.05) is 20.2 Å². The van der Waals surface area contributed by atoms with Crippen LogP contribution >= 0.6 is 0 Å². The zero-order valence-electron chi connectivity index (χ0n) is 12.9. The van der Waals surface area contributed by atoms with Crippen LogP contribution in [-0.4, -0.2) is 31.8 Å². The lowest BCUT2D eigenvalue weighted by atomic mass is 10.0. The molecule has 1 saturated heterocycles. The van der Waals surface area contributed by atoms with Gasteiger partial charge in [-0.1, -0.05) is 6.07 Å². The van der Waals surface area contributed by atoms with Crippen LogP contribution < -0.4 is 10.6 Å². The van der Waals surface area contributed by atoms with Crippen molar-refractivity contribution in [3.8, 4) is 6.07 Å². The third-order valence-electron chi connectivity index (χ3n) is 3.78. The van der Waals surface area contributed by atoms with Gasteiger partial charge >= 0.3 is 0 Å². The second kappa shape index (κ2) is 7.23. The molecule has 118 valence electrons. The van der Waals surface area contributed by atoms with Gasteiger partial charge in [0.05, 0.1) is 17.2 Å². The third kappa shape index (κ3) is 4.18. The molecule has 1 atom stereocenters. The smallest absolute Gasteiger partial charge is 0.191 e. The van der Waals surface area contributed by atoms with E-state index >= 15 is 0 Å². The summed E-state index contributed by atoms with van der Waals surface area (Å²) in [7, 11) is 1.67. The van der Waals surface area contributed by atoms with Gasteiger partial charge in [-0.25, -0.2) is 4.39 Å². The summed E-state index contributed by atoms with van der Waals surface area (Å²) in [6.07, 6.45) is 2.09. The van der Waals surface area contributed by atoms with Crippen LogP contribution in [0.1, 0.15) is 30.9 Å². The highest BCUT2D eigenvalue weighted by atomic mass is 19.1. The fourth-order valence-corrected chi connectivity index (χ4v) is 2.41. The molecule has 1 aromatic rings. The Labute approximate surface area is 130 Å². The standard InChI is InChI=1S/C16H21FN4O/c1-16(6-3-7-22-16)11-21-15(19-2)20-10-13-5-4-12(9-18)8-14(13)17/h4-5,8H,3,6-7,10-11H2,1-2H3,(H2,19,20,21). The minimum Gasteiger partial charge on any atom is -0.373 e. The summed E-state index contributed by atoms with van der Waals surface area (Å²) in [6, 6.07) is 6.36. The maximum atomic E-state index is 13.8. The molecule has 1 fully saturated rings. The number of nitrogens with zero attached hydrogens (tertiary/aromatic N) is 2. The second-order valence-corrected chi connectivity index (χ2v) is 5.60. The van der Waals surface area contributed by atoms with E-state index in [2.05, 4.69) is 22.5 Å². The minimum atomic E-state index is -0.395. The van der Waals surface area contributed by atoms with Crippen molar-refractivity contribution in [1.82, 2.24) is 10.6 Å². The van der Waals surface area contributed by atoms with Crippen molar-refractivity contribution in [3.63, 3.8) is 0 Å². The van der Waals surface area contributed by atoms with Crippen LogP contribution in [0.2, 0.25) is 0 Å². The van der Waals surface area contributed by atoms with E-state index in [0.717, 1.165) is 19.4 Å². The first-order valence-electron chi connectivity index (χ1n) is 7.33. The fourth-order valence-electron chi connectivity index (χ4n) is 2.41.